The summed E-state index contributed by atoms with van der Waals surface area (Å²) in [4.78, 5) is 13.7. The fourth-order valence-corrected chi connectivity index (χ4v) is 2.81. The molecule has 0 radical (unpaired) electrons. The Morgan fingerprint density at radius 1 is 1.61 bits per heavy atom. The first-order chi connectivity index (χ1) is 8.57. The third kappa shape index (κ3) is 7.03. The van der Waals surface area contributed by atoms with Crippen LogP contribution in [0, 0.1) is 0 Å². The number of nitrogens with zero attached hydrogens (tertiary/aromatic N) is 1. The summed E-state index contributed by atoms with van der Waals surface area (Å²) >= 11 is 1.46. The van der Waals surface area contributed by atoms with E-state index < -0.39 is 7.52 Å². The van der Waals surface area contributed by atoms with Crippen molar-refractivity contribution in [2.45, 2.75) is 27.3 Å². The van der Waals surface area contributed by atoms with Crippen LogP contribution in [0.3, 0.4) is 0 Å². The molecule has 0 saturated heterocycles. The Morgan fingerprint density at radius 2 is 2.28 bits per heavy atom. The molecule has 0 fully saturated rings. The van der Waals surface area contributed by atoms with Gasteiger partial charge in [0.25, 0.3) is 7.52 Å². The van der Waals surface area contributed by atoms with Crippen molar-refractivity contribution in [1.82, 2.24) is 10.1 Å². The molecule has 18 heavy (non-hydrogen) atoms. The van der Waals surface area contributed by atoms with Crippen LogP contribution in [0.2, 0.25) is 0 Å². The van der Waals surface area contributed by atoms with Crippen LogP contribution in [0.15, 0.2) is 11.5 Å². The lowest BCUT2D eigenvalue weighted by Gasteiger charge is -2.10. The van der Waals surface area contributed by atoms with Crippen LogP contribution in [-0.4, -0.2) is 22.6 Å². The molecule has 0 aliphatic heterocycles. The normalized spacial score (nSPS) is 14.1. The third-order valence-corrected chi connectivity index (χ3v) is 4.20. The number of hydrogen-bond acceptors (Lipinski definition) is 4. The highest BCUT2D eigenvalue weighted by molar-refractivity contribution is 7.55. The highest BCUT2D eigenvalue weighted by Crippen LogP contribution is 2.34. The van der Waals surface area contributed by atoms with E-state index in [1.54, 1.807) is 0 Å². The number of nitrogens with one attached hydrogen (secondary N) is 1. The van der Waals surface area contributed by atoms with E-state index in [2.05, 4.69) is 10.1 Å². The van der Waals surface area contributed by atoms with Crippen LogP contribution in [0.4, 0.5) is 0 Å². The molecule has 4 N–H and O–H groups in total. The van der Waals surface area contributed by atoms with Gasteiger partial charge < -0.3 is 10.6 Å². The Labute approximate surface area is 113 Å². The minimum atomic E-state index is -3.29. The summed E-state index contributed by atoms with van der Waals surface area (Å²) in [5, 5.41) is 5.28. The fourth-order valence-electron chi connectivity index (χ4n) is 1.10. The Hall–Kier alpha value is -0.520. The highest BCUT2D eigenvalue weighted by Gasteiger charge is 2.16. The van der Waals surface area contributed by atoms with Gasteiger partial charge in [-0.05, 0) is 13.0 Å². The Morgan fingerprint density at radius 3 is 2.83 bits per heavy atom. The Bertz CT molecular complexity index is 407. The molecule has 0 amide bonds. The van der Waals surface area contributed by atoms with E-state index in [4.69, 9.17) is 5.73 Å². The van der Waals surface area contributed by atoms with Crippen molar-refractivity contribution < 1.29 is 9.46 Å². The average Bonchev–Trinajstić information content (AvgIpc) is 2.78. The van der Waals surface area contributed by atoms with Gasteiger partial charge in [-0.25, -0.2) is 10.1 Å². The van der Waals surface area contributed by atoms with E-state index in [9.17, 15) is 9.46 Å². The molecule has 7 heteroatoms. The molecule has 5 nitrogen and oxygen atoms in total. The fraction of sp³-hybridized carbons (Fsp3) is 0.545. The van der Waals surface area contributed by atoms with Crippen molar-refractivity contribution in [2.75, 3.05) is 12.7 Å². The van der Waals surface area contributed by atoms with Crippen molar-refractivity contribution in [3.05, 3.63) is 22.2 Å². The third-order valence-electron chi connectivity index (χ3n) is 1.82. The molecule has 0 bridgehead atoms. The molecule has 1 unspecified atom stereocenters. The van der Waals surface area contributed by atoms with Gasteiger partial charge in [-0.1, -0.05) is 19.9 Å². The summed E-state index contributed by atoms with van der Waals surface area (Å²) in [6, 6.07) is 0. The molecule has 104 valence electrons. The van der Waals surface area contributed by atoms with Gasteiger partial charge >= 0.3 is 0 Å². The molecule has 0 spiro atoms. The van der Waals surface area contributed by atoms with Crippen LogP contribution in [0.1, 0.15) is 31.5 Å². The van der Waals surface area contributed by atoms with Gasteiger partial charge in [-0.2, -0.15) is 0 Å². The lowest BCUT2D eigenvalue weighted by Crippen LogP contribution is -2.16. The first-order valence-electron chi connectivity index (χ1n) is 5.91. The largest absolute Gasteiger partial charge is 0.333 e. The maximum absolute atomic E-state index is 11.4. The molecule has 1 rings (SSSR count). The van der Waals surface area contributed by atoms with Gasteiger partial charge in [-0.15, -0.1) is 11.3 Å². The van der Waals surface area contributed by atoms with Crippen molar-refractivity contribution >= 4 is 24.9 Å². The first-order valence-corrected chi connectivity index (χ1v) is 8.64. The molecule has 1 aromatic rings. The van der Waals surface area contributed by atoms with Crippen LogP contribution >= 0.6 is 18.9 Å². The minimum absolute atomic E-state index is 0.0834. The van der Waals surface area contributed by atoms with Crippen molar-refractivity contribution in [3.8, 4) is 0 Å². The number of thiazole rings is 1. The lowest BCUT2D eigenvalue weighted by molar-refractivity contribution is 0.462. The van der Waals surface area contributed by atoms with E-state index >= 15 is 0 Å². The SMILES string of the molecule is C/C=C\c1csc(CNP(=O)(O)CCN)n1.CC. The Kier molecular flexibility index (Phi) is 9.14. The second-order valence-electron chi connectivity index (χ2n) is 3.21. The van der Waals surface area contributed by atoms with Crippen molar-refractivity contribution in [1.29, 1.82) is 0 Å². The second kappa shape index (κ2) is 9.42. The zero-order valence-electron chi connectivity index (χ0n) is 11.1. The van der Waals surface area contributed by atoms with E-state index in [0.717, 1.165) is 10.7 Å². The van der Waals surface area contributed by atoms with Crippen molar-refractivity contribution in [3.63, 3.8) is 0 Å². The average molecular weight is 291 g/mol. The van der Waals surface area contributed by atoms with E-state index in [1.807, 2.05) is 38.3 Å². The van der Waals surface area contributed by atoms with E-state index in [-0.39, 0.29) is 12.7 Å². The molecule has 0 aliphatic carbocycles. The minimum Gasteiger partial charge on any atom is -0.333 e. The zero-order chi connectivity index (χ0) is 14.0. The number of rotatable bonds is 6. The van der Waals surface area contributed by atoms with E-state index in [1.165, 1.54) is 11.3 Å². The predicted molar refractivity (Wildman–Crippen MR) is 78.8 cm³/mol. The van der Waals surface area contributed by atoms with Crippen LogP contribution in [0.5, 0.6) is 0 Å². The standard InChI is InChI=1S/C9H16N3O2PS.C2H6/c1-2-3-8-7-16-9(12-8)6-11-15(13,14)5-4-10;1-2/h2-3,7H,4-6,10H2,1H3,(H2,11,13,14);1-2H3/b3-2-;. The number of allylic oxidation sites excluding steroid dienone is 1. The highest BCUT2D eigenvalue weighted by atomic mass is 32.1. The predicted octanol–water partition coefficient (Wildman–Crippen LogP) is 2.44. The summed E-state index contributed by atoms with van der Waals surface area (Å²) in [7, 11) is -3.29. The molecular weight excluding hydrogens is 269 g/mol. The maximum atomic E-state index is 11.4. The number of nitrogens with two attached hydrogens (primary N) is 1. The van der Waals surface area contributed by atoms with Crippen LogP contribution in [-0.2, 0) is 11.1 Å². The van der Waals surface area contributed by atoms with Gasteiger partial charge in [0.05, 0.1) is 18.4 Å². The summed E-state index contributed by atoms with van der Waals surface area (Å²) < 4.78 is 11.4. The molecule has 0 aliphatic rings. The Balaban J connectivity index is 0.00000137. The monoisotopic (exact) mass is 291 g/mol. The quantitative estimate of drug-likeness (QED) is 0.701. The second-order valence-corrected chi connectivity index (χ2v) is 6.32. The van der Waals surface area contributed by atoms with Crippen LogP contribution in [0.25, 0.3) is 6.08 Å². The van der Waals surface area contributed by atoms with Crippen molar-refractivity contribution in [2.24, 2.45) is 5.73 Å². The summed E-state index contributed by atoms with van der Waals surface area (Å²) in [6.45, 7) is 6.42. The van der Waals surface area contributed by atoms with Gasteiger partial charge in [0.1, 0.15) is 5.01 Å². The number of aromatic nitrogens is 1. The maximum Gasteiger partial charge on any atom is 0.268 e. The molecule has 0 saturated carbocycles. The summed E-state index contributed by atoms with van der Waals surface area (Å²) in [5.41, 5.74) is 6.10. The van der Waals surface area contributed by atoms with Gasteiger partial charge in [-0.3, -0.25) is 4.57 Å². The molecular formula is C11H22N3O2PS. The van der Waals surface area contributed by atoms with Crippen LogP contribution < -0.4 is 10.8 Å². The van der Waals surface area contributed by atoms with Gasteiger partial charge in [0, 0.05) is 11.9 Å². The van der Waals surface area contributed by atoms with Gasteiger partial charge in [0.2, 0.25) is 0 Å². The molecule has 1 atom stereocenters. The first kappa shape index (κ1) is 17.5. The topological polar surface area (TPSA) is 88.2 Å². The van der Waals surface area contributed by atoms with Gasteiger partial charge in [0.15, 0.2) is 0 Å². The van der Waals surface area contributed by atoms with E-state index in [0.29, 0.717) is 6.54 Å². The lowest BCUT2D eigenvalue weighted by atomic mass is 10.4. The molecule has 1 aromatic heterocycles. The molecule has 0 aromatic carbocycles. The summed E-state index contributed by atoms with van der Waals surface area (Å²) in [5.74, 6) is 0. The smallest absolute Gasteiger partial charge is 0.268 e. The summed E-state index contributed by atoms with van der Waals surface area (Å²) in [6.07, 6.45) is 3.87. The molecule has 1 heterocycles. The zero-order valence-corrected chi connectivity index (χ0v) is 12.8. The number of hydrogen-bond donors (Lipinski definition) is 3.